The van der Waals surface area contributed by atoms with Crippen molar-refractivity contribution in [2.45, 2.75) is 25.7 Å². The molecule has 1 aromatic rings. The third kappa shape index (κ3) is 6.44. The van der Waals surface area contributed by atoms with Gasteiger partial charge in [-0.15, -0.1) is 12.4 Å². The van der Waals surface area contributed by atoms with Crippen LogP contribution in [0.4, 0.5) is 0 Å². The van der Waals surface area contributed by atoms with Gasteiger partial charge in [0.25, 0.3) is 0 Å². The van der Waals surface area contributed by atoms with Crippen LogP contribution < -0.4 is 23.6 Å². The van der Waals surface area contributed by atoms with Gasteiger partial charge in [0.05, 0.1) is 7.11 Å². The maximum absolute atomic E-state index is 5.28. The minimum atomic E-state index is 0. The van der Waals surface area contributed by atoms with Crippen LogP contribution in [0.3, 0.4) is 0 Å². The van der Waals surface area contributed by atoms with Crippen LogP contribution in [0.15, 0.2) is 18.2 Å². The molecule has 1 aliphatic rings. The van der Waals surface area contributed by atoms with E-state index in [4.69, 9.17) is 4.74 Å². The second kappa shape index (κ2) is 11.0. The van der Waals surface area contributed by atoms with E-state index in [1.165, 1.54) is 43.4 Å². The van der Waals surface area contributed by atoms with E-state index in [0.29, 0.717) is 0 Å². The number of fused-ring (bicyclic) bond motifs is 1. The number of aryl methyl sites for hydroxylation is 1. The summed E-state index contributed by atoms with van der Waals surface area (Å²) in [5.41, 5.74) is 3.02. The molecule has 0 bridgehead atoms. The fourth-order valence-electron chi connectivity index (χ4n) is 2.62. The van der Waals surface area contributed by atoms with Crippen LogP contribution in [0, 0.1) is 5.92 Å². The predicted octanol–water partition coefficient (Wildman–Crippen LogP) is -0.0907. The van der Waals surface area contributed by atoms with E-state index in [1.807, 2.05) is 0 Å². The molecule has 0 aromatic heterocycles. The summed E-state index contributed by atoms with van der Waals surface area (Å²) in [7, 11) is 6.05. The van der Waals surface area contributed by atoms with Crippen molar-refractivity contribution in [3.8, 4) is 5.75 Å². The molecule has 2 nitrogen and oxygen atoms in total. The summed E-state index contributed by atoms with van der Waals surface area (Å²) in [6.07, 6.45) is 5.10. The number of hydrogen-bond donors (Lipinski definition) is 0. The van der Waals surface area contributed by atoms with Crippen molar-refractivity contribution in [1.82, 2.24) is 4.90 Å². The third-order valence-electron chi connectivity index (χ3n) is 3.73. The Labute approximate surface area is 153 Å². The second-order valence-electron chi connectivity index (χ2n) is 5.34. The molecule has 0 amide bonds. The Hall–Kier alpha value is 0.400. The SMILES string of the molecule is COc1ccc2c(c1)CCC(CCN(C)C)C2.Cl.[Al].[H-].[Li+]. The van der Waals surface area contributed by atoms with Crippen LogP contribution in [-0.2, 0) is 12.8 Å². The Kier molecular flexibility index (Phi) is 12.5. The molecule has 0 saturated heterocycles. The topological polar surface area (TPSA) is 12.5 Å². The van der Waals surface area contributed by atoms with Gasteiger partial charge in [-0.05, 0) is 75.5 Å². The molecule has 1 aliphatic carbocycles. The number of benzene rings is 1. The van der Waals surface area contributed by atoms with E-state index >= 15 is 0 Å². The van der Waals surface area contributed by atoms with Crippen molar-refractivity contribution in [2.24, 2.45) is 5.92 Å². The van der Waals surface area contributed by atoms with E-state index in [0.717, 1.165) is 11.7 Å². The summed E-state index contributed by atoms with van der Waals surface area (Å²) < 4.78 is 5.28. The van der Waals surface area contributed by atoms with Crippen LogP contribution in [0.1, 0.15) is 25.4 Å². The fourth-order valence-corrected chi connectivity index (χ4v) is 2.62. The van der Waals surface area contributed by atoms with Crippen LogP contribution in [0.5, 0.6) is 5.75 Å². The van der Waals surface area contributed by atoms with Gasteiger partial charge in [0.15, 0.2) is 0 Å². The molecule has 0 N–H and O–H groups in total. The first-order chi connectivity index (χ1) is 8.19. The maximum atomic E-state index is 5.28. The van der Waals surface area contributed by atoms with Crippen molar-refractivity contribution < 1.29 is 25.0 Å². The minimum Gasteiger partial charge on any atom is -1.00 e. The first-order valence-corrected chi connectivity index (χ1v) is 6.49. The van der Waals surface area contributed by atoms with Gasteiger partial charge in [-0.25, -0.2) is 0 Å². The van der Waals surface area contributed by atoms with Gasteiger partial charge in [-0.1, -0.05) is 6.07 Å². The number of hydrogen-bond acceptors (Lipinski definition) is 2. The number of ether oxygens (including phenoxy) is 1. The van der Waals surface area contributed by atoms with Gasteiger partial charge in [-0.3, -0.25) is 0 Å². The maximum Gasteiger partial charge on any atom is 1.00 e. The Morgan fingerprint density at radius 1 is 1.30 bits per heavy atom. The van der Waals surface area contributed by atoms with Crippen molar-refractivity contribution in [3.63, 3.8) is 0 Å². The number of methoxy groups -OCH3 is 1. The summed E-state index contributed by atoms with van der Waals surface area (Å²) in [6, 6.07) is 6.54. The molecule has 0 aliphatic heterocycles. The molecule has 0 heterocycles. The Morgan fingerprint density at radius 3 is 2.60 bits per heavy atom. The van der Waals surface area contributed by atoms with Crippen molar-refractivity contribution in [1.29, 1.82) is 0 Å². The average Bonchev–Trinajstić information content (AvgIpc) is 2.35. The largest absolute Gasteiger partial charge is 1.00 e. The first kappa shape index (κ1) is 22.7. The zero-order valence-electron chi connectivity index (χ0n) is 14.2. The molecule has 2 rings (SSSR count). The van der Waals surface area contributed by atoms with Gasteiger partial charge in [0.1, 0.15) is 5.75 Å². The van der Waals surface area contributed by atoms with E-state index in [1.54, 1.807) is 7.11 Å². The molecule has 1 unspecified atom stereocenters. The van der Waals surface area contributed by atoms with Gasteiger partial charge in [0, 0.05) is 17.4 Å². The molecular formula is C15H25AlClLiNO. The zero-order chi connectivity index (χ0) is 12.3. The van der Waals surface area contributed by atoms with Gasteiger partial charge in [0.2, 0.25) is 0 Å². The smallest absolute Gasteiger partial charge is 1.00 e. The van der Waals surface area contributed by atoms with Crippen molar-refractivity contribution >= 4 is 29.8 Å². The monoisotopic (exact) mass is 304 g/mol. The number of rotatable bonds is 4. The molecule has 20 heavy (non-hydrogen) atoms. The molecule has 0 fully saturated rings. The fraction of sp³-hybridized carbons (Fsp3) is 0.600. The molecule has 3 radical (unpaired) electrons. The second-order valence-corrected chi connectivity index (χ2v) is 5.34. The van der Waals surface area contributed by atoms with E-state index in [2.05, 4.69) is 37.2 Å². The van der Waals surface area contributed by atoms with Gasteiger partial charge in [-0.2, -0.15) is 0 Å². The quantitative estimate of drug-likeness (QED) is 0.721. The zero-order valence-corrected chi connectivity index (χ0v) is 15.2. The van der Waals surface area contributed by atoms with Gasteiger partial charge >= 0.3 is 18.9 Å². The standard InChI is InChI=1S/C15H23NO.Al.ClH.Li.H/c1-16(2)9-8-12-4-5-14-11-15(17-3)7-6-13(14)10-12;;;;/h6-7,11-12H,4-5,8-10H2,1-3H3;;1H;;/q;;;+1;-1. The Balaban J connectivity index is -0.000000810. The van der Waals surface area contributed by atoms with Crippen molar-refractivity contribution in [2.75, 3.05) is 27.7 Å². The first-order valence-electron chi connectivity index (χ1n) is 6.49. The minimum absolute atomic E-state index is 0. The molecule has 1 aromatic carbocycles. The average molecular weight is 305 g/mol. The molecule has 107 valence electrons. The predicted molar refractivity (Wildman–Crippen MR) is 85.8 cm³/mol. The van der Waals surface area contributed by atoms with Gasteiger partial charge < -0.3 is 11.1 Å². The summed E-state index contributed by atoms with van der Waals surface area (Å²) in [4.78, 5) is 2.28. The molecular weight excluding hydrogens is 280 g/mol. The van der Waals surface area contributed by atoms with Crippen LogP contribution in [0.25, 0.3) is 0 Å². The molecule has 1 atom stereocenters. The summed E-state index contributed by atoms with van der Waals surface area (Å²) >= 11 is 0. The molecule has 5 heteroatoms. The van der Waals surface area contributed by atoms with Crippen LogP contribution in [0.2, 0.25) is 0 Å². The Morgan fingerprint density at radius 2 is 2.00 bits per heavy atom. The summed E-state index contributed by atoms with van der Waals surface area (Å²) in [6.45, 7) is 1.20. The molecule has 0 saturated carbocycles. The van der Waals surface area contributed by atoms with E-state index in [9.17, 15) is 0 Å². The summed E-state index contributed by atoms with van der Waals surface area (Å²) in [5, 5.41) is 0. The van der Waals surface area contributed by atoms with Crippen molar-refractivity contribution in [3.05, 3.63) is 29.3 Å². The number of halogens is 1. The molecule has 0 spiro atoms. The Bertz CT molecular complexity index is 396. The third-order valence-corrected chi connectivity index (χ3v) is 3.73. The van der Waals surface area contributed by atoms with E-state index in [-0.39, 0.29) is 50.1 Å². The summed E-state index contributed by atoms with van der Waals surface area (Å²) in [5.74, 6) is 1.86. The van der Waals surface area contributed by atoms with E-state index < -0.39 is 0 Å². The van der Waals surface area contributed by atoms with Crippen LogP contribution >= 0.6 is 12.4 Å². The van der Waals surface area contributed by atoms with Crippen LogP contribution in [-0.4, -0.2) is 50.0 Å². The number of nitrogens with zero attached hydrogens (tertiary/aromatic N) is 1. The normalized spacial score (nSPS) is 16.3.